The van der Waals surface area contributed by atoms with Gasteiger partial charge in [-0.1, -0.05) is 32.1 Å². The maximum absolute atomic E-state index is 13.4. The molecule has 0 N–H and O–H groups in total. The number of fused-ring (bicyclic) bond motifs is 1. The number of benzene rings is 1. The Balaban J connectivity index is 1.93. The number of hydrogen-bond donors (Lipinski definition) is 0. The summed E-state index contributed by atoms with van der Waals surface area (Å²) in [5, 5.41) is 4.76. The second kappa shape index (κ2) is 6.32. The predicted octanol–water partition coefficient (Wildman–Crippen LogP) is 3.71. The van der Waals surface area contributed by atoms with Crippen molar-refractivity contribution in [1.29, 1.82) is 0 Å². The first kappa shape index (κ1) is 16.6. The number of anilines is 1. The van der Waals surface area contributed by atoms with Gasteiger partial charge in [0.1, 0.15) is 5.82 Å². The Bertz CT molecular complexity index is 851. The fourth-order valence-electron chi connectivity index (χ4n) is 2.33. The molecular formula is C17H19FN4OS. The van der Waals surface area contributed by atoms with Gasteiger partial charge in [0.05, 0.1) is 16.8 Å². The van der Waals surface area contributed by atoms with Crippen molar-refractivity contribution in [3.8, 4) is 0 Å². The van der Waals surface area contributed by atoms with Crippen molar-refractivity contribution in [3.05, 3.63) is 42.5 Å². The van der Waals surface area contributed by atoms with Gasteiger partial charge in [-0.25, -0.2) is 9.37 Å². The maximum Gasteiger partial charge on any atom is 0.234 e. The van der Waals surface area contributed by atoms with Crippen molar-refractivity contribution in [2.75, 3.05) is 11.4 Å². The van der Waals surface area contributed by atoms with Gasteiger partial charge in [0.25, 0.3) is 0 Å². The molecule has 3 aromatic rings. The molecule has 126 valence electrons. The molecule has 2 heterocycles. The normalized spacial score (nSPS) is 11.8. The van der Waals surface area contributed by atoms with E-state index in [1.165, 1.54) is 23.5 Å². The molecule has 0 aliphatic heterocycles. The van der Waals surface area contributed by atoms with Crippen LogP contribution in [0.1, 0.15) is 20.8 Å². The third kappa shape index (κ3) is 3.46. The van der Waals surface area contributed by atoms with Crippen molar-refractivity contribution >= 4 is 32.6 Å². The van der Waals surface area contributed by atoms with E-state index in [-0.39, 0.29) is 11.7 Å². The van der Waals surface area contributed by atoms with E-state index >= 15 is 0 Å². The van der Waals surface area contributed by atoms with E-state index < -0.39 is 5.41 Å². The van der Waals surface area contributed by atoms with Gasteiger partial charge in [0.2, 0.25) is 5.91 Å². The number of aromatic nitrogens is 3. The second-order valence-electron chi connectivity index (χ2n) is 6.58. The summed E-state index contributed by atoms with van der Waals surface area (Å²) in [5.41, 5.74) is 0.162. The van der Waals surface area contributed by atoms with Crippen LogP contribution in [0, 0.1) is 11.2 Å². The van der Waals surface area contributed by atoms with Crippen LogP contribution < -0.4 is 4.90 Å². The van der Waals surface area contributed by atoms with Crippen LogP contribution in [0.4, 0.5) is 9.52 Å². The van der Waals surface area contributed by atoms with Crippen molar-refractivity contribution < 1.29 is 9.18 Å². The zero-order chi connectivity index (χ0) is 17.3. The first-order valence-corrected chi connectivity index (χ1v) is 8.52. The first-order chi connectivity index (χ1) is 11.3. The van der Waals surface area contributed by atoms with Gasteiger partial charge in [-0.05, 0) is 24.3 Å². The SMILES string of the molecule is CC(C)(C)C(=O)N(CCn1cccn1)c1nc2ccc(F)cc2s1. The molecule has 0 bridgehead atoms. The Morgan fingerprint density at radius 2 is 2.17 bits per heavy atom. The van der Waals surface area contributed by atoms with Crippen LogP contribution in [0.25, 0.3) is 10.2 Å². The van der Waals surface area contributed by atoms with Crippen molar-refractivity contribution in [2.45, 2.75) is 27.3 Å². The lowest BCUT2D eigenvalue weighted by atomic mass is 9.95. The Hall–Kier alpha value is -2.28. The molecule has 0 unspecified atom stereocenters. The number of halogens is 1. The minimum atomic E-state index is -0.535. The average Bonchev–Trinajstić information content (AvgIpc) is 3.15. The lowest BCUT2D eigenvalue weighted by Crippen LogP contribution is -2.41. The molecule has 5 nitrogen and oxygen atoms in total. The Kier molecular flexibility index (Phi) is 4.36. The summed E-state index contributed by atoms with van der Waals surface area (Å²) >= 11 is 1.33. The molecule has 0 saturated heterocycles. The molecule has 0 fully saturated rings. The topological polar surface area (TPSA) is 51.0 Å². The minimum absolute atomic E-state index is 0.0193. The molecule has 2 aromatic heterocycles. The van der Waals surface area contributed by atoms with Gasteiger partial charge >= 0.3 is 0 Å². The van der Waals surface area contributed by atoms with Gasteiger partial charge < -0.3 is 0 Å². The molecule has 0 aliphatic rings. The second-order valence-corrected chi connectivity index (χ2v) is 7.59. The molecule has 0 atom stereocenters. The molecule has 0 radical (unpaired) electrons. The van der Waals surface area contributed by atoms with E-state index in [4.69, 9.17) is 0 Å². The lowest BCUT2D eigenvalue weighted by Gasteiger charge is -2.27. The van der Waals surface area contributed by atoms with E-state index in [0.29, 0.717) is 23.7 Å². The lowest BCUT2D eigenvalue weighted by molar-refractivity contribution is -0.125. The maximum atomic E-state index is 13.4. The summed E-state index contributed by atoms with van der Waals surface area (Å²) in [4.78, 5) is 19.0. The Morgan fingerprint density at radius 3 is 2.83 bits per heavy atom. The van der Waals surface area contributed by atoms with Crippen LogP contribution in [0.2, 0.25) is 0 Å². The van der Waals surface area contributed by atoms with Gasteiger partial charge in [0, 0.05) is 24.4 Å². The van der Waals surface area contributed by atoms with Crippen molar-refractivity contribution in [2.24, 2.45) is 5.41 Å². The van der Waals surface area contributed by atoms with Crippen LogP contribution in [-0.4, -0.2) is 27.2 Å². The van der Waals surface area contributed by atoms with E-state index in [9.17, 15) is 9.18 Å². The molecule has 1 amide bonds. The molecular weight excluding hydrogens is 327 g/mol. The summed E-state index contributed by atoms with van der Waals surface area (Å²) in [6.45, 7) is 6.66. The summed E-state index contributed by atoms with van der Waals surface area (Å²) in [6, 6.07) is 6.31. The number of nitrogens with zero attached hydrogens (tertiary/aromatic N) is 4. The van der Waals surface area contributed by atoms with Crippen molar-refractivity contribution in [1.82, 2.24) is 14.8 Å². The van der Waals surface area contributed by atoms with Crippen LogP contribution >= 0.6 is 11.3 Å². The van der Waals surface area contributed by atoms with E-state index in [2.05, 4.69) is 10.1 Å². The molecule has 1 aromatic carbocycles. The largest absolute Gasteiger partial charge is 0.286 e. The molecule has 0 aliphatic carbocycles. The number of amides is 1. The third-order valence-electron chi connectivity index (χ3n) is 3.57. The van der Waals surface area contributed by atoms with E-state index in [1.807, 2.05) is 33.0 Å². The smallest absolute Gasteiger partial charge is 0.234 e. The highest BCUT2D eigenvalue weighted by Gasteiger charge is 2.30. The number of rotatable bonds is 4. The summed E-state index contributed by atoms with van der Waals surface area (Å²) < 4.78 is 15.9. The average molecular weight is 346 g/mol. The molecule has 24 heavy (non-hydrogen) atoms. The monoisotopic (exact) mass is 346 g/mol. The van der Waals surface area contributed by atoms with E-state index in [0.717, 1.165) is 4.70 Å². The third-order valence-corrected chi connectivity index (χ3v) is 4.61. The molecule has 0 saturated carbocycles. The highest BCUT2D eigenvalue weighted by molar-refractivity contribution is 7.22. The highest BCUT2D eigenvalue weighted by atomic mass is 32.1. The van der Waals surface area contributed by atoms with Crippen molar-refractivity contribution in [3.63, 3.8) is 0 Å². The standard InChI is InChI=1S/C17H19FN4OS/c1-17(2,3)15(23)22(10-9-21-8-4-7-19-21)16-20-13-6-5-12(18)11-14(13)24-16/h4-8,11H,9-10H2,1-3H3. The van der Waals surface area contributed by atoms with Gasteiger partial charge in [-0.15, -0.1) is 0 Å². The number of carbonyl (C=O) groups excluding carboxylic acids is 1. The first-order valence-electron chi connectivity index (χ1n) is 7.70. The summed E-state index contributed by atoms with van der Waals surface area (Å²) in [5.74, 6) is -0.322. The zero-order valence-electron chi connectivity index (χ0n) is 13.9. The predicted molar refractivity (Wildman–Crippen MR) is 93.6 cm³/mol. The molecule has 3 rings (SSSR count). The fraction of sp³-hybridized carbons (Fsp3) is 0.353. The zero-order valence-corrected chi connectivity index (χ0v) is 14.7. The number of hydrogen-bond acceptors (Lipinski definition) is 4. The molecule has 7 heteroatoms. The molecule has 0 spiro atoms. The van der Waals surface area contributed by atoms with Crippen LogP contribution in [0.15, 0.2) is 36.7 Å². The Labute approximate surface area is 143 Å². The fourth-order valence-corrected chi connectivity index (χ4v) is 3.34. The van der Waals surface area contributed by atoms with Crippen LogP contribution in [-0.2, 0) is 11.3 Å². The summed E-state index contributed by atoms with van der Waals surface area (Å²) in [6.07, 6.45) is 3.56. The van der Waals surface area contributed by atoms with Gasteiger partial charge in [-0.3, -0.25) is 14.4 Å². The number of thiazole rings is 1. The van der Waals surface area contributed by atoms with Crippen LogP contribution in [0.5, 0.6) is 0 Å². The quantitative estimate of drug-likeness (QED) is 0.723. The van der Waals surface area contributed by atoms with Gasteiger partial charge in [0.15, 0.2) is 5.13 Å². The minimum Gasteiger partial charge on any atom is -0.286 e. The van der Waals surface area contributed by atoms with Crippen LogP contribution in [0.3, 0.4) is 0 Å². The summed E-state index contributed by atoms with van der Waals surface area (Å²) in [7, 11) is 0. The Morgan fingerprint density at radius 1 is 1.38 bits per heavy atom. The van der Waals surface area contributed by atoms with Gasteiger partial charge in [-0.2, -0.15) is 5.10 Å². The highest BCUT2D eigenvalue weighted by Crippen LogP contribution is 2.31. The van der Waals surface area contributed by atoms with E-state index in [1.54, 1.807) is 21.8 Å². The number of carbonyl (C=O) groups is 1.